The number of furan rings is 1. The summed E-state index contributed by atoms with van der Waals surface area (Å²) in [5, 5.41) is 0. The molecule has 0 saturated carbocycles. The van der Waals surface area contributed by atoms with Crippen LogP contribution in [0.4, 0.5) is 0 Å². The van der Waals surface area contributed by atoms with Crippen molar-refractivity contribution in [3.05, 3.63) is 18.4 Å². The molecule has 0 radical (unpaired) electrons. The maximum absolute atomic E-state index is 11.3. The Morgan fingerprint density at radius 3 is 2.92 bits per heavy atom. The van der Waals surface area contributed by atoms with Crippen molar-refractivity contribution in [2.75, 3.05) is 13.7 Å². The van der Waals surface area contributed by atoms with Gasteiger partial charge in [-0.25, -0.2) is 9.19 Å². The first-order valence-electron chi connectivity index (χ1n) is 3.30. The van der Waals surface area contributed by atoms with Gasteiger partial charge in [-0.2, -0.15) is 5.48 Å². The summed E-state index contributed by atoms with van der Waals surface area (Å²) in [6.07, 6.45) is 1.43. The van der Waals surface area contributed by atoms with Crippen LogP contribution in [0.25, 0.3) is 0 Å². The monoisotopic (exact) mass is 191 g/mol. The highest BCUT2D eigenvalue weighted by Crippen LogP contribution is 2.42. The number of nitrogens with one attached hydrogen (secondary N) is 1. The Bertz CT molecular complexity index is 271. The number of hydrogen-bond acceptors (Lipinski definition) is 5. The summed E-state index contributed by atoms with van der Waals surface area (Å²) in [6, 6.07) is 3.18. The average Bonchev–Trinajstić information content (AvgIpc) is 2.38. The van der Waals surface area contributed by atoms with Crippen molar-refractivity contribution < 1.29 is 18.1 Å². The van der Waals surface area contributed by atoms with Gasteiger partial charge in [0.15, 0.2) is 0 Å². The van der Waals surface area contributed by atoms with Gasteiger partial charge in [-0.05, 0) is 6.07 Å². The zero-order valence-electron chi connectivity index (χ0n) is 6.81. The van der Waals surface area contributed by atoms with Crippen LogP contribution in [-0.2, 0) is 9.19 Å². The summed E-state index contributed by atoms with van der Waals surface area (Å²) in [7, 11) is -1.58. The van der Waals surface area contributed by atoms with E-state index in [2.05, 4.69) is 10.1 Å². The Balaban J connectivity index is 2.56. The minimum Gasteiger partial charge on any atom is -0.434 e. The van der Waals surface area contributed by atoms with Crippen LogP contribution in [0.1, 0.15) is 0 Å². The lowest BCUT2D eigenvalue weighted by atomic mass is 10.7. The van der Waals surface area contributed by atoms with E-state index in [1.807, 2.05) is 0 Å². The molecule has 12 heavy (non-hydrogen) atoms. The van der Waals surface area contributed by atoms with Crippen molar-refractivity contribution in [3.8, 4) is 5.95 Å². The Kier molecular flexibility index (Phi) is 2.92. The first-order valence-corrected chi connectivity index (χ1v) is 5.29. The zero-order chi connectivity index (χ0) is 9.03. The van der Waals surface area contributed by atoms with Crippen LogP contribution in [0.3, 0.4) is 0 Å². The third-order valence-electron chi connectivity index (χ3n) is 1.01. The Morgan fingerprint density at radius 2 is 2.42 bits per heavy atom. The van der Waals surface area contributed by atoms with Gasteiger partial charge in [0.25, 0.3) is 5.95 Å². The second-order valence-corrected chi connectivity index (χ2v) is 4.00. The minimum atomic E-state index is -3.09. The molecular weight excluding hydrogens is 181 g/mol. The molecule has 1 aromatic rings. The molecule has 68 valence electrons. The van der Waals surface area contributed by atoms with Gasteiger partial charge in [-0.15, -0.1) is 0 Å². The van der Waals surface area contributed by atoms with E-state index in [4.69, 9.17) is 8.94 Å². The normalized spacial score (nSPS) is 15.5. The van der Waals surface area contributed by atoms with Gasteiger partial charge in [0.2, 0.25) is 0 Å². The van der Waals surface area contributed by atoms with Crippen LogP contribution in [0, 0.1) is 0 Å². The third kappa shape index (κ3) is 2.70. The van der Waals surface area contributed by atoms with E-state index in [9.17, 15) is 4.57 Å². The largest absolute Gasteiger partial charge is 0.434 e. The van der Waals surface area contributed by atoms with Crippen LogP contribution in [0.15, 0.2) is 22.8 Å². The molecule has 5 nitrogen and oxygen atoms in total. The quantitative estimate of drug-likeness (QED) is 0.578. The van der Waals surface area contributed by atoms with Gasteiger partial charge in [0.05, 0.1) is 12.9 Å². The summed E-state index contributed by atoms with van der Waals surface area (Å²) >= 11 is 0. The molecule has 0 aliphatic rings. The van der Waals surface area contributed by atoms with E-state index >= 15 is 0 Å². The van der Waals surface area contributed by atoms with E-state index < -0.39 is 7.60 Å². The molecule has 0 fully saturated rings. The summed E-state index contributed by atoms with van der Waals surface area (Å²) in [5.41, 5.74) is 2.29. The maximum atomic E-state index is 11.3. The second kappa shape index (κ2) is 3.76. The van der Waals surface area contributed by atoms with Gasteiger partial charge in [0.1, 0.15) is 0 Å². The molecule has 1 atom stereocenters. The van der Waals surface area contributed by atoms with E-state index in [0.29, 0.717) is 0 Å². The van der Waals surface area contributed by atoms with Crippen LogP contribution in [0.2, 0.25) is 0 Å². The van der Waals surface area contributed by atoms with Crippen LogP contribution < -0.4 is 10.0 Å². The van der Waals surface area contributed by atoms with Gasteiger partial charge < -0.3 is 8.94 Å². The molecule has 6 heteroatoms. The lowest BCUT2D eigenvalue weighted by Crippen LogP contribution is -2.07. The van der Waals surface area contributed by atoms with Crippen molar-refractivity contribution in [2.24, 2.45) is 0 Å². The van der Waals surface area contributed by atoms with E-state index in [-0.39, 0.29) is 5.95 Å². The second-order valence-electron chi connectivity index (χ2n) is 2.09. The molecule has 0 spiro atoms. The number of hydrogen-bond donors (Lipinski definition) is 1. The van der Waals surface area contributed by atoms with Gasteiger partial charge in [-0.1, -0.05) is 0 Å². The Morgan fingerprint density at radius 1 is 1.67 bits per heavy atom. The highest BCUT2D eigenvalue weighted by molar-refractivity contribution is 7.53. The molecule has 1 aromatic heterocycles. The number of hydroxylamine groups is 1. The molecule has 0 aliphatic carbocycles. The van der Waals surface area contributed by atoms with E-state index in [1.165, 1.54) is 20.0 Å². The predicted octanol–water partition coefficient (Wildman–Crippen LogP) is 1.63. The summed E-state index contributed by atoms with van der Waals surface area (Å²) in [6.45, 7) is 1.34. The highest BCUT2D eigenvalue weighted by atomic mass is 31.2. The molecule has 0 aliphatic heterocycles. The van der Waals surface area contributed by atoms with Crippen LogP contribution in [-0.4, -0.2) is 13.7 Å². The maximum Gasteiger partial charge on any atom is 0.394 e. The summed E-state index contributed by atoms with van der Waals surface area (Å²) < 4.78 is 25.6. The smallest absolute Gasteiger partial charge is 0.394 e. The molecule has 1 unspecified atom stereocenters. The predicted molar refractivity (Wildman–Crippen MR) is 43.0 cm³/mol. The Labute approximate surface area is 70.1 Å². The van der Waals surface area contributed by atoms with E-state index in [0.717, 1.165) is 0 Å². The van der Waals surface area contributed by atoms with Crippen molar-refractivity contribution in [1.29, 1.82) is 0 Å². The zero-order valence-corrected chi connectivity index (χ0v) is 7.71. The Hall–Kier alpha value is -0.770. The van der Waals surface area contributed by atoms with E-state index in [1.54, 1.807) is 12.1 Å². The third-order valence-corrected chi connectivity index (χ3v) is 2.03. The van der Waals surface area contributed by atoms with Gasteiger partial charge >= 0.3 is 7.60 Å². The summed E-state index contributed by atoms with van der Waals surface area (Å²) in [4.78, 5) is 0. The van der Waals surface area contributed by atoms with Crippen molar-refractivity contribution in [1.82, 2.24) is 5.48 Å². The lowest BCUT2D eigenvalue weighted by Gasteiger charge is -2.10. The topological polar surface area (TPSA) is 60.7 Å². The van der Waals surface area contributed by atoms with Crippen molar-refractivity contribution in [3.63, 3.8) is 0 Å². The fourth-order valence-electron chi connectivity index (χ4n) is 0.663. The van der Waals surface area contributed by atoms with Crippen LogP contribution >= 0.6 is 7.60 Å². The van der Waals surface area contributed by atoms with Crippen molar-refractivity contribution >= 4 is 7.60 Å². The van der Waals surface area contributed by atoms with Crippen molar-refractivity contribution in [2.45, 2.75) is 0 Å². The first-order chi connectivity index (χ1) is 5.64. The summed E-state index contributed by atoms with van der Waals surface area (Å²) in [5.74, 6) is 0.177. The molecule has 1 rings (SSSR count). The molecule has 0 saturated heterocycles. The first kappa shape index (κ1) is 9.32. The average molecular weight is 191 g/mol. The standard InChI is InChI=1S/C6H10NO4P/c1-7-11-12(2,8)10-6-4-3-5-9-6/h3-5,7H,1-2H3. The molecule has 1 heterocycles. The number of rotatable bonds is 4. The molecule has 0 amide bonds. The molecule has 0 aromatic carbocycles. The van der Waals surface area contributed by atoms with Gasteiger partial charge in [-0.3, -0.25) is 0 Å². The highest BCUT2D eigenvalue weighted by Gasteiger charge is 2.19. The van der Waals surface area contributed by atoms with Gasteiger partial charge in [0, 0.05) is 13.1 Å². The molecular formula is C6H10NO4P. The lowest BCUT2D eigenvalue weighted by molar-refractivity contribution is 0.187. The van der Waals surface area contributed by atoms with Crippen LogP contribution in [0.5, 0.6) is 5.95 Å². The fourth-order valence-corrected chi connectivity index (χ4v) is 1.46. The molecule has 0 bridgehead atoms. The molecule has 1 N–H and O–H groups in total. The SMILES string of the molecule is CNOP(C)(=O)Oc1ccco1. The minimum absolute atomic E-state index is 0.177. The fraction of sp³-hybridized carbons (Fsp3) is 0.333.